The van der Waals surface area contributed by atoms with Crippen LogP contribution in [0.15, 0.2) is 139 Å². The predicted molar refractivity (Wildman–Crippen MR) is 177 cm³/mol. The average Bonchev–Trinajstić information content (AvgIpc) is 3.40. The Balaban J connectivity index is 1.33. The smallest absolute Gasteiger partial charge is 0.135 e. The van der Waals surface area contributed by atoms with Gasteiger partial charge in [-0.2, -0.15) is 0 Å². The molecule has 0 aliphatic carbocycles. The summed E-state index contributed by atoms with van der Waals surface area (Å²) in [5, 5.41) is 9.69. The van der Waals surface area contributed by atoms with Crippen molar-refractivity contribution < 1.29 is 4.42 Å². The van der Waals surface area contributed by atoms with Gasteiger partial charge >= 0.3 is 0 Å². The molecule has 1 aromatic heterocycles. The van der Waals surface area contributed by atoms with Crippen LogP contribution in [-0.4, -0.2) is 0 Å². The molecule has 1 nitrogen and oxygen atoms in total. The highest BCUT2D eigenvalue weighted by Gasteiger charge is 2.14. The van der Waals surface area contributed by atoms with Gasteiger partial charge in [-0.1, -0.05) is 122 Å². The van der Waals surface area contributed by atoms with E-state index in [9.17, 15) is 0 Å². The summed E-state index contributed by atoms with van der Waals surface area (Å²) in [4.78, 5) is 0. The lowest BCUT2D eigenvalue weighted by molar-refractivity contribution is 0.669. The minimum Gasteiger partial charge on any atom is -0.456 e. The van der Waals surface area contributed by atoms with Crippen molar-refractivity contribution in [2.45, 2.75) is 0 Å². The van der Waals surface area contributed by atoms with E-state index < -0.39 is 0 Å². The van der Waals surface area contributed by atoms with Gasteiger partial charge in [-0.15, -0.1) is 0 Å². The third-order valence-electron chi connectivity index (χ3n) is 8.44. The average molecular weight is 523 g/mol. The molecule has 0 saturated heterocycles. The number of benzene rings is 7. The highest BCUT2D eigenvalue weighted by Crippen LogP contribution is 2.39. The van der Waals surface area contributed by atoms with Gasteiger partial charge in [0.15, 0.2) is 0 Å². The minimum absolute atomic E-state index is 0.894. The summed E-state index contributed by atoms with van der Waals surface area (Å²) >= 11 is 0. The van der Waals surface area contributed by atoms with E-state index in [1.165, 1.54) is 49.0 Å². The van der Waals surface area contributed by atoms with E-state index in [4.69, 9.17) is 4.42 Å². The molecule has 1 heterocycles. The quantitative estimate of drug-likeness (QED) is 0.210. The van der Waals surface area contributed by atoms with Crippen molar-refractivity contribution in [2.24, 2.45) is 0 Å². The van der Waals surface area contributed by atoms with Gasteiger partial charge in [0.1, 0.15) is 11.2 Å². The normalized spacial score (nSPS) is 11.6. The van der Waals surface area contributed by atoms with Crippen LogP contribution in [0.3, 0.4) is 0 Å². The van der Waals surface area contributed by atoms with Crippen LogP contribution in [0.5, 0.6) is 0 Å². The Labute approximate surface area is 238 Å². The third-order valence-corrected chi connectivity index (χ3v) is 8.44. The van der Waals surface area contributed by atoms with Gasteiger partial charge in [0.05, 0.1) is 0 Å². The molecule has 0 amide bonds. The molecular weight excluding hydrogens is 496 g/mol. The summed E-state index contributed by atoms with van der Waals surface area (Å²) in [6, 6.07) is 43.5. The molecular formula is C40H26O. The zero-order valence-electron chi connectivity index (χ0n) is 22.5. The molecule has 0 aliphatic heterocycles. The van der Waals surface area contributed by atoms with Gasteiger partial charge < -0.3 is 4.42 Å². The molecule has 1 heteroatoms. The molecule has 8 aromatic rings. The maximum absolute atomic E-state index is 6.31. The second-order valence-corrected chi connectivity index (χ2v) is 10.6. The highest BCUT2D eigenvalue weighted by molar-refractivity contribution is 6.14. The number of rotatable bonds is 4. The fourth-order valence-corrected chi connectivity index (χ4v) is 6.46. The van der Waals surface area contributed by atoms with Crippen molar-refractivity contribution in [2.75, 3.05) is 0 Å². The zero-order chi connectivity index (χ0) is 27.5. The topological polar surface area (TPSA) is 13.1 Å². The highest BCUT2D eigenvalue weighted by atomic mass is 16.3. The first-order valence-corrected chi connectivity index (χ1v) is 13.9. The Morgan fingerprint density at radius 2 is 1.05 bits per heavy atom. The van der Waals surface area contributed by atoms with Gasteiger partial charge in [0.25, 0.3) is 0 Å². The largest absolute Gasteiger partial charge is 0.456 e. The van der Waals surface area contributed by atoms with E-state index in [1.54, 1.807) is 0 Å². The van der Waals surface area contributed by atoms with Crippen molar-refractivity contribution in [3.05, 3.63) is 146 Å². The molecule has 0 unspecified atom stereocenters. The van der Waals surface area contributed by atoms with Crippen molar-refractivity contribution >= 4 is 66.4 Å². The Hall–Kier alpha value is -5.40. The lowest BCUT2D eigenvalue weighted by Crippen LogP contribution is -1.87. The van der Waals surface area contributed by atoms with E-state index in [0.717, 1.165) is 38.6 Å². The van der Waals surface area contributed by atoms with Crippen molar-refractivity contribution in [1.29, 1.82) is 0 Å². The standard InChI is InChI=1S/C40H26O/c1-3-25-15-19-35-31(11-7-13-33(35)29(25)4-2)27-17-21-39-37(23-27)38-24-28(18-22-40(38)41-39)32-12-8-14-34-30-10-6-5-9-26(30)16-20-36(32)34/h3-24H,1-2H2. The molecule has 0 saturated carbocycles. The summed E-state index contributed by atoms with van der Waals surface area (Å²) < 4.78 is 6.31. The van der Waals surface area contributed by atoms with Crippen LogP contribution >= 0.6 is 0 Å². The lowest BCUT2D eigenvalue weighted by Gasteiger charge is -2.12. The summed E-state index contributed by atoms with van der Waals surface area (Å²) in [6.45, 7) is 8.05. The number of furan rings is 1. The van der Waals surface area contributed by atoms with Crippen LogP contribution in [-0.2, 0) is 0 Å². The van der Waals surface area contributed by atoms with Gasteiger partial charge in [-0.25, -0.2) is 0 Å². The fourth-order valence-electron chi connectivity index (χ4n) is 6.46. The Kier molecular flexibility index (Phi) is 5.20. The van der Waals surface area contributed by atoms with Crippen molar-refractivity contribution in [3.63, 3.8) is 0 Å². The van der Waals surface area contributed by atoms with Crippen LogP contribution in [0.2, 0.25) is 0 Å². The van der Waals surface area contributed by atoms with Crippen molar-refractivity contribution in [3.8, 4) is 22.3 Å². The minimum atomic E-state index is 0.894. The molecule has 41 heavy (non-hydrogen) atoms. The summed E-state index contributed by atoms with van der Waals surface area (Å²) in [5.41, 5.74) is 8.76. The number of hydrogen-bond donors (Lipinski definition) is 0. The number of fused-ring (bicyclic) bond motifs is 7. The maximum atomic E-state index is 6.31. The molecule has 7 aromatic carbocycles. The van der Waals surface area contributed by atoms with Crippen LogP contribution in [0.4, 0.5) is 0 Å². The van der Waals surface area contributed by atoms with Crippen molar-refractivity contribution in [1.82, 2.24) is 0 Å². The summed E-state index contributed by atoms with van der Waals surface area (Å²) in [6.07, 6.45) is 3.82. The molecule has 0 N–H and O–H groups in total. The van der Waals surface area contributed by atoms with Crippen LogP contribution in [0.1, 0.15) is 11.1 Å². The first-order valence-electron chi connectivity index (χ1n) is 13.9. The second kappa shape index (κ2) is 9.08. The summed E-state index contributed by atoms with van der Waals surface area (Å²) in [7, 11) is 0. The van der Waals surface area contributed by atoms with E-state index in [1.807, 2.05) is 12.2 Å². The van der Waals surface area contributed by atoms with E-state index in [-0.39, 0.29) is 0 Å². The zero-order valence-corrected chi connectivity index (χ0v) is 22.5. The predicted octanol–water partition coefficient (Wildman–Crippen LogP) is 11.7. The molecule has 0 bridgehead atoms. The second-order valence-electron chi connectivity index (χ2n) is 10.6. The molecule has 0 radical (unpaired) electrons. The van der Waals surface area contributed by atoms with E-state index in [0.29, 0.717) is 0 Å². The lowest BCUT2D eigenvalue weighted by atomic mass is 9.92. The molecule has 0 spiro atoms. The monoisotopic (exact) mass is 522 g/mol. The summed E-state index contributed by atoms with van der Waals surface area (Å²) in [5.74, 6) is 0. The third kappa shape index (κ3) is 3.56. The van der Waals surface area contributed by atoms with Gasteiger partial charge in [-0.3, -0.25) is 0 Å². The molecule has 8 rings (SSSR count). The fraction of sp³-hybridized carbons (Fsp3) is 0. The number of hydrogen-bond acceptors (Lipinski definition) is 1. The molecule has 0 atom stereocenters. The Bertz CT molecular complexity index is 2350. The van der Waals surface area contributed by atoms with Crippen LogP contribution in [0, 0.1) is 0 Å². The van der Waals surface area contributed by atoms with Crippen LogP contribution < -0.4 is 0 Å². The van der Waals surface area contributed by atoms with Gasteiger partial charge in [-0.05, 0) is 90.0 Å². The molecule has 0 fully saturated rings. The van der Waals surface area contributed by atoms with Gasteiger partial charge in [0, 0.05) is 10.8 Å². The maximum Gasteiger partial charge on any atom is 0.135 e. The van der Waals surface area contributed by atoms with E-state index >= 15 is 0 Å². The Morgan fingerprint density at radius 3 is 1.73 bits per heavy atom. The molecule has 192 valence electrons. The Morgan fingerprint density at radius 1 is 0.439 bits per heavy atom. The first kappa shape index (κ1) is 23.5. The van der Waals surface area contributed by atoms with E-state index in [2.05, 4.69) is 134 Å². The SMILES string of the molecule is C=Cc1ccc2c(-c3ccc4oc5ccc(-c6cccc7c6ccc6ccccc67)cc5c4c3)cccc2c1C=C. The molecule has 0 aliphatic rings. The van der Waals surface area contributed by atoms with Gasteiger partial charge in [0.2, 0.25) is 0 Å². The first-order chi connectivity index (χ1) is 20.2. The van der Waals surface area contributed by atoms with Crippen LogP contribution in [0.25, 0.3) is 88.7 Å².